The Morgan fingerprint density at radius 3 is 2.71 bits per heavy atom. The zero-order chi connectivity index (χ0) is 18.9. The minimum atomic E-state index is 0.644. The molecule has 4 heterocycles. The van der Waals surface area contributed by atoms with Gasteiger partial charge in [0.2, 0.25) is 0 Å². The van der Waals surface area contributed by atoms with Gasteiger partial charge in [-0.3, -0.25) is 4.57 Å². The van der Waals surface area contributed by atoms with Crippen LogP contribution < -0.4 is 0 Å². The van der Waals surface area contributed by atoms with Crippen LogP contribution in [0.25, 0.3) is 16.8 Å². The molecule has 6 heteroatoms. The maximum absolute atomic E-state index is 4.82. The maximum atomic E-state index is 4.82. The van der Waals surface area contributed by atoms with Gasteiger partial charge in [-0.25, -0.2) is 15.0 Å². The molecule has 0 aliphatic rings. The number of hydrogen-bond donors (Lipinski definition) is 0. The average molecular weight is 385 g/mol. The molecule has 0 N–H and O–H groups in total. The fourth-order valence-corrected chi connectivity index (χ4v) is 4.21. The van der Waals surface area contributed by atoms with Gasteiger partial charge in [0, 0.05) is 24.3 Å². The lowest BCUT2D eigenvalue weighted by Crippen LogP contribution is -2.03. The van der Waals surface area contributed by atoms with Crippen LogP contribution >= 0.6 is 11.8 Å². The summed E-state index contributed by atoms with van der Waals surface area (Å²) in [5, 5.41) is 0.964. The monoisotopic (exact) mass is 385 g/mol. The van der Waals surface area contributed by atoms with Crippen molar-refractivity contribution < 1.29 is 0 Å². The number of nitrogens with zero attached hydrogens (tertiary/aromatic N) is 5. The molecule has 5 aromatic rings. The molecule has 0 atom stereocenters. The molecule has 0 radical (unpaired) electrons. The Hall–Kier alpha value is -3.12. The van der Waals surface area contributed by atoms with E-state index < -0.39 is 0 Å². The Kier molecular flexibility index (Phi) is 4.33. The smallest absolute Gasteiger partial charge is 0.170 e. The van der Waals surface area contributed by atoms with Gasteiger partial charge in [0.25, 0.3) is 0 Å². The minimum absolute atomic E-state index is 0.644. The highest BCUT2D eigenvalue weighted by molar-refractivity contribution is 7.98. The maximum Gasteiger partial charge on any atom is 0.170 e. The third-order valence-electron chi connectivity index (χ3n) is 4.69. The molecule has 5 rings (SSSR count). The number of benzene rings is 1. The predicted octanol–water partition coefficient (Wildman–Crippen LogP) is 4.73. The molecule has 0 spiro atoms. The van der Waals surface area contributed by atoms with Gasteiger partial charge in [0.1, 0.15) is 11.2 Å². The number of aromatic nitrogens is 5. The van der Waals surface area contributed by atoms with Gasteiger partial charge in [-0.2, -0.15) is 0 Å². The van der Waals surface area contributed by atoms with Crippen molar-refractivity contribution in [1.82, 2.24) is 23.9 Å². The molecule has 1 aromatic carbocycles. The molecular formula is C22H19N5S. The summed E-state index contributed by atoms with van der Waals surface area (Å²) < 4.78 is 4.21. The number of imidazole rings is 2. The van der Waals surface area contributed by atoms with Crippen LogP contribution in [0, 0.1) is 6.92 Å². The van der Waals surface area contributed by atoms with Gasteiger partial charge in [0.15, 0.2) is 10.8 Å². The molecule has 4 aromatic heterocycles. The summed E-state index contributed by atoms with van der Waals surface area (Å²) in [6, 6.07) is 18.6. The third-order valence-corrected chi connectivity index (χ3v) is 5.74. The highest BCUT2D eigenvalue weighted by Gasteiger charge is 2.14. The molecule has 0 saturated carbocycles. The molecule has 138 valence electrons. The predicted molar refractivity (Wildman–Crippen MR) is 113 cm³/mol. The molecular weight excluding hydrogens is 366 g/mol. The number of fused-ring (bicyclic) bond motifs is 2. The molecule has 0 saturated heterocycles. The first-order chi connectivity index (χ1) is 13.8. The van der Waals surface area contributed by atoms with Gasteiger partial charge in [-0.15, -0.1) is 0 Å². The second-order valence-corrected chi connectivity index (χ2v) is 7.74. The summed E-state index contributed by atoms with van der Waals surface area (Å²) in [7, 11) is 0. The van der Waals surface area contributed by atoms with E-state index in [-0.39, 0.29) is 0 Å². The molecule has 0 fully saturated rings. The van der Waals surface area contributed by atoms with Crippen LogP contribution in [-0.2, 0) is 12.3 Å². The molecule has 0 amide bonds. The van der Waals surface area contributed by atoms with Crippen LogP contribution in [0.1, 0.15) is 16.8 Å². The first-order valence-corrected chi connectivity index (χ1v) is 10.2. The Morgan fingerprint density at radius 1 is 0.964 bits per heavy atom. The number of hydrogen-bond acceptors (Lipinski definition) is 4. The van der Waals surface area contributed by atoms with Crippen molar-refractivity contribution in [3.05, 3.63) is 90.0 Å². The summed E-state index contributed by atoms with van der Waals surface area (Å²) >= 11 is 1.74. The van der Waals surface area contributed by atoms with Crippen LogP contribution in [0.5, 0.6) is 0 Å². The summed E-state index contributed by atoms with van der Waals surface area (Å²) in [6.45, 7) is 2.75. The first-order valence-electron chi connectivity index (χ1n) is 9.18. The van der Waals surface area contributed by atoms with E-state index in [1.165, 1.54) is 11.1 Å². The molecule has 28 heavy (non-hydrogen) atoms. The van der Waals surface area contributed by atoms with Crippen LogP contribution in [-0.4, -0.2) is 23.9 Å². The standard InChI is InChI=1S/C22H19N5S/c1-16-7-9-17(10-8-16)15-28-22-25-19-5-4-11-23-21(19)27(22)14-18-13-26-12-3-2-6-20(26)24-18/h2-13H,14-15H2,1H3. The van der Waals surface area contributed by atoms with Crippen molar-refractivity contribution >= 4 is 28.6 Å². The van der Waals surface area contributed by atoms with Crippen molar-refractivity contribution in [2.45, 2.75) is 24.4 Å². The van der Waals surface area contributed by atoms with E-state index >= 15 is 0 Å². The van der Waals surface area contributed by atoms with Crippen molar-refractivity contribution in [3.8, 4) is 0 Å². The lowest BCUT2D eigenvalue weighted by molar-refractivity contribution is 0.711. The SMILES string of the molecule is Cc1ccc(CSc2nc3cccnc3n2Cc2cn3ccccc3n2)cc1. The largest absolute Gasteiger partial charge is 0.307 e. The topological polar surface area (TPSA) is 48.0 Å². The Labute approximate surface area is 167 Å². The first kappa shape index (κ1) is 17.0. The number of pyridine rings is 2. The Balaban J connectivity index is 1.49. The Bertz CT molecular complexity index is 1220. The summed E-state index contributed by atoms with van der Waals surface area (Å²) in [5.41, 5.74) is 6.31. The second kappa shape index (κ2) is 7.13. The van der Waals surface area contributed by atoms with Gasteiger partial charge in [0.05, 0.1) is 12.2 Å². The zero-order valence-corrected chi connectivity index (χ0v) is 16.3. The minimum Gasteiger partial charge on any atom is -0.307 e. The van der Waals surface area contributed by atoms with E-state index in [0.29, 0.717) is 6.54 Å². The lowest BCUT2D eigenvalue weighted by atomic mass is 10.2. The third kappa shape index (κ3) is 3.27. The molecule has 5 nitrogen and oxygen atoms in total. The van der Waals surface area contributed by atoms with Crippen LogP contribution in [0.4, 0.5) is 0 Å². The summed E-state index contributed by atoms with van der Waals surface area (Å²) in [5.74, 6) is 0.870. The fourth-order valence-electron chi connectivity index (χ4n) is 3.25. The second-order valence-electron chi connectivity index (χ2n) is 6.80. The normalized spacial score (nSPS) is 11.5. The van der Waals surface area contributed by atoms with E-state index in [1.807, 2.05) is 47.1 Å². The fraction of sp³-hybridized carbons (Fsp3) is 0.136. The van der Waals surface area contributed by atoms with Crippen molar-refractivity contribution in [2.75, 3.05) is 0 Å². The van der Waals surface area contributed by atoms with Crippen LogP contribution in [0.2, 0.25) is 0 Å². The van der Waals surface area contributed by atoms with Crippen molar-refractivity contribution in [1.29, 1.82) is 0 Å². The molecule has 0 aliphatic heterocycles. The van der Waals surface area contributed by atoms with Gasteiger partial charge in [-0.1, -0.05) is 47.7 Å². The summed E-state index contributed by atoms with van der Waals surface area (Å²) in [6.07, 6.45) is 5.90. The van der Waals surface area contributed by atoms with E-state index in [0.717, 1.165) is 33.4 Å². The summed E-state index contributed by atoms with van der Waals surface area (Å²) in [4.78, 5) is 14.1. The highest BCUT2D eigenvalue weighted by Crippen LogP contribution is 2.27. The van der Waals surface area contributed by atoms with E-state index in [4.69, 9.17) is 9.97 Å². The van der Waals surface area contributed by atoms with Crippen LogP contribution in [0.15, 0.2) is 78.3 Å². The van der Waals surface area contributed by atoms with Crippen molar-refractivity contribution in [3.63, 3.8) is 0 Å². The molecule has 0 aliphatic carbocycles. The van der Waals surface area contributed by atoms with Gasteiger partial charge < -0.3 is 4.40 Å². The van der Waals surface area contributed by atoms with Crippen LogP contribution in [0.3, 0.4) is 0 Å². The number of rotatable bonds is 5. The zero-order valence-electron chi connectivity index (χ0n) is 15.5. The van der Waals surface area contributed by atoms with Crippen molar-refractivity contribution in [2.24, 2.45) is 0 Å². The number of aryl methyl sites for hydroxylation is 1. The molecule has 0 unspecified atom stereocenters. The van der Waals surface area contributed by atoms with E-state index in [2.05, 4.69) is 46.9 Å². The van der Waals surface area contributed by atoms with E-state index in [9.17, 15) is 0 Å². The van der Waals surface area contributed by atoms with Gasteiger partial charge >= 0.3 is 0 Å². The van der Waals surface area contributed by atoms with Gasteiger partial charge in [-0.05, 0) is 36.8 Å². The lowest BCUT2D eigenvalue weighted by Gasteiger charge is -2.07. The van der Waals surface area contributed by atoms with E-state index in [1.54, 1.807) is 11.8 Å². The quantitative estimate of drug-likeness (QED) is 0.411. The average Bonchev–Trinajstić information content (AvgIpc) is 3.29. The molecule has 0 bridgehead atoms. The highest BCUT2D eigenvalue weighted by atomic mass is 32.2. The number of thioether (sulfide) groups is 1. The Morgan fingerprint density at radius 2 is 1.86 bits per heavy atom.